The number of fused-ring (bicyclic) bond motifs is 9. The lowest BCUT2D eigenvalue weighted by Crippen LogP contribution is -2.34. The summed E-state index contributed by atoms with van der Waals surface area (Å²) in [6.07, 6.45) is 21.3. The number of anilines is 5. The lowest BCUT2D eigenvalue weighted by atomic mass is 9.90. The molecule has 1 aliphatic rings. The molecule has 0 aliphatic heterocycles. The number of carbonyl (C=O) groups excluding carboxylic acids is 5. The van der Waals surface area contributed by atoms with Gasteiger partial charge >= 0.3 is 29.8 Å². The Kier molecular flexibility index (Phi) is 41.0. The summed E-state index contributed by atoms with van der Waals surface area (Å²) >= 11 is 0. The van der Waals surface area contributed by atoms with Crippen molar-refractivity contribution in [2.75, 3.05) is 59.1 Å². The SMILES string of the molecule is CCCCCCCCCCOc1c2cc(NC(=O)NS(=O)(=O)c3ccc(C)cc3)cc1Cc1cc(NC(=O)NS(=O)(=O)c3ccc(C)cc3)cc(c1OCCCCCCCCCC)Cc1cc(NC(=O)NS(=O)(=O)c3ccc(C)cc3)cc(c1OCC(=O)NCc1ccc(CN(CC)c3cc4oc(=O)cc(C)c4cc3C)cc1)Cc1cc(NC(=O)NS(=O)(=O)c3ccc(C)cc3)cc(c1OCCCCCCCCCC)C2. The second-order valence-corrected chi connectivity index (χ2v) is 44.7. The van der Waals surface area contributed by atoms with Gasteiger partial charge in [-0.2, -0.15) is 0 Å². The third-order valence-corrected chi connectivity index (χ3v) is 31.1. The van der Waals surface area contributed by atoms with Crippen LogP contribution in [-0.2, 0) is 83.7 Å². The van der Waals surface area contributed by atoms with E-state index >= 15 is 4.79 Å². The Balaban J connectivity index is 1.08. The number of hydrogen-bond donors (Lipinski definition) is 9. The van der Waals surface area contributed by atoms with E-state index in [0.29, 0.717) is 60.2 Å². The summed E-state index contributed by atoms with van der Waals surface area (Å²) in [7, 11) is -18.3. The fraction of sp³-hybridized carbons (Fsp3) is 0.398. The molecule has 0 unspecified atom stereocenters. The Morgan fingerprint density at radius 2 is 0.596 bits per heavy atom. The van der Waals surface area contributed by atoms with Gasteiger partial charge in [-0.3, -0.25) is 4.79 Å². The average molecular weight is 2070 g/mol. The van der Waals surface area contributed by atoms with Crippen molar-refractivity contribution in [3.8, 4) is 23.0 Å². The summed E-state index contributed by atoms with van der Waals surface area (Å²) in [6.45, 7) is 20.3. The molecule has 29 nitrogen and oxygen atoms in total. The molecule has 1 aromatic heterocycles. The molecule has 9 N–H and O–H groups in total. The Hall–Kier alpha value is -13.2. The van der Waals surface area contributed by atoms with Crippen molar-refractivity contribution in [1.29, 1.82) is 0 Å². The standard InChI is InChI=1S/C113H140N10O19S4/c1-11-15-18-21-24-27-30-33-56-138-106-85-61-87-67-94(116-111(127)120-144(132,133)98-50-38-78(6)39-51-98)69-89(107(87)139-57-34-31-28-25-22-19-16-12-2)63-91-71-96(118-113(129)122-146(136,137)100-54-42-80(8)43-55-100)72-92(109(91)141-76-104(124)114-74-83-44-46-84(47-45-83)75-123(14-4)102-73-103-101(59-82(102)10)81(9)60-105(125)142-103)64-90-70-95(117-112(128)121-145(134,135)99-52-40-79(7)41-53-99)68-88(108(90)140-58-35-32-29-26-23-20-17-13-3)62-86(106)66-93(65-85)115-110(126)119-143(130,131)97-48-36-77(5)37-49-97/h36-55,59-60,65-73H,11-35,56-58,61-64,74-76H2,1-10H3,(H,114,124)(H2,115,119,126)(H2,116,120,127)(H2,117,121,128)(H2,118,122,129). The molecule has 780 valence electrons. The molecule has 11 aromatic rings. The van der Waals surface area contributed by atoms with Gasteiger partial charge in [-0.15, -0.1) is 0 Å². The number of rotatable bonds is 51. The zero-order chi connectivity index (χ0) is 105. The van der Waals surface area contributed by atoms with Gasteiger partial charge < -0.3 is 54.8 Å². The van der Waals surface area contributed by atoms with Gasteiger partial charge in [0.1, 0.15) is 28.6 Å². The highest BCUT2D eigenvalue weighted by Crippen LogP contribution is 2.44. The van der Waals surface area contributed by atoms with Gasteiger partial charge in [0.15, 0.2) is 6.61 Å². The third-order valence-electron chi connectivity index (χ3n) is 25.7. The molecule has 0 atom stereocenters. The van der Waals surface area contributed by atoms with Crippen LogP contribution in [0.5, 0.6) is 23.0 Å². The number of hydrogen-bond acceptors (Lipinski definition) is 20. The van der Waals surface area contributed by atoms with Crippen molar-refractivity contribution in [3.63, 3.8) is 0 Å². The molecule has 9 amide bonds. The number of nitrogens with one attached hydrogen (secondary N) is 9. The molecule has 8 bridgehead atoms. The highest BCUT2D eigenvalue weighted by molar-refractivity contribution is 7.91. The molecular weight excluding hydrogens is 1930 g/mol. The highest BCUT2D eigenvalue weighted by Gasteiger charge is 2.31. The molecule has 0 spiro atoms. The van der Waals surface area contributed by atoms with E-state index in [2.05, 4.69) is 71.1 Å². The average Bonchev–Trinajstić information content (AvgIpc) is 0.764. The fourth-order valence-corrected chi connectivity index (χ4v) is 21.5. The molecule has 10 aromatic carbocycles. The van der Waals surface area contributed by atoms with Crippen LogP contribution in [0.1, 0.15) is 271 Å². The van der Waals surface area contributed by atoms with E-state index in [4.69, 9.17) is 23.4 Å². The number of urea groups is 4. The fourth-order valence-electron chi connectivity index (χ4n) is 17.9. The van der Waals surface area contributed by atoms with E-state index < -0.39 is 82.4 Å². The molecule has 0 fully saturated rings. The summed E-state index contributed by atoms with van der Waals surface area (Å²) in [4.78, 5) is 88.6. The lowest BCUT2D eigenvalue weighted by Gasteiger charge is -2.25. The topological polar surface area (TPSA) is 401 Å². The van der Waals surface area contributed by atoms with E-state index in [9.17, 15) is 57.6 Å². The van der Waals surface area contributed by atoms with Crippen molar-refractivity contribution >= 4 is 110 Å². The molecule has 1 aliphatic carbocycles. The van der Waals surface area contributed by atoms with Gasteiger partial charge in [0.05, 0.1) is 39.4 Å². The molecule has 1 heterocycles. The van der Waals surface area contributed by atoms with Crippen LogP contribution in [0.15, 0.2) is 217 Å². The van der Waals surface area contributed by atoms with E-state index in [-0.39, 0.29) is 140 Å². The number of benzene rings is 10. The smallest absolute Gasteiger partial charge is 0.336 e. The van der Waals surface area contributed by atoms with E-state index in [1.807, 2.05) is 57.2 Å². The van der Waals surface area contributed by atoms with Crippen LogP contribution in [0.2, 0.25) is 0 Å². The predicted octanol–water partition coefficient (Wildman–Crippen LogP) is 23.6. The molecule has 0 saturated carbocycles. The van der Waals surface area contributed by atoms with Gasteiger partial charge in [-0.1, -0.05) is 251 Å². The Morgan fingerprint density at radius 3 is 0.884 bits per heavy atom. The summed E-state index contributed by atoms with van der Waals surface area (Å²) in [5.74, 6) is 0.136. The zero-order valence-electron chi connectivity index (χ0n) is 85.5. The zero-order valence-corrected chi connectivity index (χ0v) is 88.7. The number of sulfonamides is 4. The normalized spacial score (nSPS) is 12.1. The monoisotopic (exact) mass is 2070 g/mol. The summed E-state index contributed by atoms with van der Waals surface area (Å²) in [5, 5.41) is 15.2. The second kappa shape index (κ2) is 53.7. The van der Waals surface area contributed by atoms with Gasteiger partial charge in [-0.25, -0.2) is 76.5 Å². The molecule has 33 heteroatoms. The van der Waals surface area contributed by atoms with Crippen molar-refractivity contribution in [2.24, 2.45) is 0 Å². The summed E-state index contributed by atoms with van der Waals surface area (Å²) < 4.78 is 158. The Morgan fingerprint density at radius 1 is 0.322 bits per heavy atom. The van der Waals surface area contributed by atoms with Crippen LogP contribution in [0.3, 0.4) is 0 Å². The number of aryl methyl sites for hydroxylation is 6. The maximum Gasteiger partial charge on any atom is 0.336 e. The Bertz CT molecular complexity index is 6690. The van der Waals surface area contributed by atoms with Gasteiger partial charge in [0, 0.05) is 136 Å². The molecular formula is C113H140N10O19S4. The number of unbranched alkanes of at least 4 members (excludes halogenated alkanes) is 21. The van der Waals surface area contributed by atoms with Crippen LogP contribution in [-0.4, -0.2) is 96.7 Å². The van der Waals surface area contributed by atoms with E-state index in [1.165, 1.54) is 66.7 Å². The van der Waals surface area contributed by atoms with Crippen LogP contribution >= 0.6 is 0 Å². The lowest BCUT2D eigenvalue weighted by molar-refractivity contribution is -0.123. The number of amides is 9. The summed E-state index contributed by atoms with van der Waals surface area (Å²) in [6, 6.07) is 44.8. The van der Waals surface area contributed by atoms with Crippen molar-refractivity contribution in [3.05, 3.63) is 287 Å². The minimum atomic E-state index is -4.60. The van der Waals surface area contributed by atoms with Crippen molar-refractivity contribution in [1.82, 2.24) is 24.2 Å². The Labute approximate surface area is 860 Å². The first-order valence-electron chi connectivity index (χ1n) is 51.0. The number of carbonyl (C=O) groups is 5. The van der Waals surface area contributed by atoms with Crippen molar-refractivity contribution < 1.29 is 81.0 Å². The van der Waals surface area contributed by atoms with Gasteiger partial charge in [0.2, 0.25) is 0 Å². The quantitative estimate of drug-likeness (QED) is 0.0126. The minimum Gasteiger partial charge on any atom is -0.493 e. The van der Waals surface area contributed by atoms with Gasteiger partial charge in [0.25, 0.3) is 46.0 Å². The maximum atomic E-state index is 15.1. The van der Waals surface area contributed by atoms with Crippen molar-refractivity contribution in [2.45, 2.75) is 282 Å². The molecule has 146 heavy (non-hydrogen) atoms. The van der Waals surface area contributed by atoms with E-state index in [0.717, 1.165) is 190 Å². The first kappa shape index (κ1) is 112. The molecule has 0 saturated heterocycles. The first-order chi connectivity index (χ1) is 70.0. The number of ether oxygens (including phenoxy) is 4. The highest BCUT2D eigenvalue weighted by atomic mass is 32.2. The maximum absolute atomic E-state index is 15.1. The van der Waals surface area contributed by atoms with Crippen LogP contribution in [0.4, 0.5) is 47.6 Å². The third kappa shape index (κ3) is 33.1. The summed E-state index contributed by atoms with van der Waals surface area (Å²) in [5.41, 5.74) is 9.73. The van der Waals surface area contributed by atoms with Crippen LogP contribution in [0, 0.1) is 41.5 Å². The first-order valence-corrected chi connectivity index (χ1v) is 56.9. The molecule has 12 rings (SSSR count). The van der Waals surface area contributed by atoms with Crippen LogP contribution < -0.4 is 74.9 Å². The largest absolute Gasteiger partial charge is 0.493 e. The second-order valence-electron chi connectivity index (χ2n) is 37.9. The van der Waals surface area contributed by atoms with E-state index in [1.54, 1.807) is 113 Å². The van der Waals surface area contributed by atoms with Crippen LogP contribution in [0.25, 0.3) is 11.0 Å². The number of nitrogens with zero attached hydrogens (tertiary/aromatic N) is 1. The minimum absolute atomic E-state index is 0.00627. The van der Waals surface area contributed by atoms with Gasteiger partial charge in [-0.05, 0) is 193 Å². The predicted molar refractivity (Wildman–Crippen MR) is 576 cm³/mol. The molecule has 0 radical (unpaired) electrons.